The number of nitrogens with two attached hydrogens (primary N) is 1. The molecule has 108 valence electrons. The summed E-state index contributed by atoms with van der Waals surface area (Å²) in [6, 6.07) is 0. The first-order valence-corrected chi connectivity index (χ1v) is 6.46. The highest BCUT2D eigenvalue weighted by molar-refractivity contribution is 5.92. The molecule has 0 atom stereocenters. The number of aromatic nitrogens is 2. The molecule has 1 aromatic heterocycles. The van der Waals surface area contributed by atoms with Crippen LogP contribution in [0.3, 0.4) is 0 Å². The Morgan fingerprint density at radius 2 is 2.00 bits per heavy atom. The molecule has 0 aromatic carbocycles. The van der Waals surface area contributed by atoms with Crippen LogP contribution in [0.2, 0.25) is 0 Å². The molecule has 0 aliphatic carbocycles. The average Bonchev–Trinajstić information content (AvgIpc) is 2.57. The molecule has 0 saturated carbocycles. The van der Waals surface area contributed by atoms with E-state index in [1.54, 1.807) is 18.4 Å². The second-order valence-corrected chi connectivity index (χ2v) is 4.89. The third-order valence-electron chi connectivity index (χ3n) is 2.74. The van der Waals surface area contributed by atoms with E-state index in [0.29, 0.717) is 31.4 Å². The molecule has 0 fully saturated rings. The summed E-state index contributed by atoms with van der Waals surface area (Å²) < 4.78 is 12.3. The Labute approximate surface area is 113 Å². The second-order valence-electron chi connectivity index (χ2n) is 4.89. The highest BCUT2D eigenvalue weighted by Gasteiger charge is 2.25. The molecule has 6 nitrogen and oxygen atoms in total. The number of esters is 1. The monoisotopic (exact) mass is 269 g/mol. The molecule has 1 rings (SSSR count). The molecule has 0 aliphatic rings. The minimum absolute atomic E-state index is 0.173. The minimum atomic E-state index is -0.490. The van der Waals surface area contributed by atoms with E-state index in [2.05, 4.69) is 4.98 Å². The van der Waals surface area contributed by atoms with Crippen molar-refractivity contribution in [3.8, 4) is 0 Å². The number of nitrogen functional groups attached to an aromatic ring is 1. The van der Waals surface area contributed by atoms with Crippen molar-refractivity contribution in [2.24, 2.45) is 0 Å². The molecule has 0 aliphatic heterocycles. The molecule has 0 saturated heterocycles. The van der Waals surface area contributed by atoms with Crippen molar-refractivity contribution in [2.45, 2.75) is 46.8 Å². The predicted octanol–water partition coefficient (Wildman–Crippen LogP) is 1.77. The Morgan fingerprint density at radius 1 is 1.37 bits per heavy atom. The number of nitrogens with zero attached hydrogens (tertiary/aromatic N) is 2. The largest absolute Gasteiger partial charge is 0.461 e. The Kier molecular flexibility index (Phi) is 4.94. The van der Waals surface area contributed by atoms with E-state index in [4.69, 9.17) is 15.2 Å². The van der Waals surface area contributed by atoms with Crippen molar-refractivity contribution in [3.05, 3.63) is 11.5 Å². The summed E-state index contributed by atoms with van der Waals surface area (Å²) >= 11 is 0. The number of rotatable bonds is 6. The Hall–Kier alpha value is -1.56. The van der Waals surface area contributed by atoms with Crippen LogP contribution < -0.4 is 5.73 Å². The van der Waals surface area contributed by atoms with Gasteiger partial charge in [-0.3, -0.25) is 0 Å². The molecule has 0 radical (unpaired) electrons. The SMILES string of the molecule is CCOC(=O)c1nc(C)n(CC(C)(C)OCC)c1N. The van der Waals surface area contributed by atoms with Gasteiger partial charge in [-0.1, -0.05) is 0 Å². The molecule has 2 N–H and O–H groups in total. The van der Waals surface area contributed by atoms with Crippen molar-refractivity contribution in [3.63, 3.8) is 0 Å². The van der Waals surface area contributed by atoms with Gasteiger partial charge >= 0.3 is 5.97 Å². The van der Waals surface area contributed by atoms with Crippen molar-refractivity contribution in [2.75, 3.05) is 18.9 Å². The van der Waals surface area contributed by atoms with Crippen LogP contribution in [-0.4, -0.2) is 34.3 Å². The number of carbonyl (C=O) groups is 1. The Balaban J connectivity index is 3.00. The van der Waals surface area contributed by atoms with E-state index in [9.17, 15) is 4.79 Å². The van der Waals surface area contributed by atoms with Crippen LogP contribution in [0, 0.1) is 6.92 Å². The topological polar surface area (TPSA) is 79.4 Å². The first-order chi connectivity index (χ1) is 8.82. The maximum Gasteiger partial charge on any atom is 0.360 e. The van der Waals surface area contributed by atoms with Gasteiger partial charge in [0.25, 0.3) is 0 Å². The highest BCUT2D eigenvalue weighted by Crippen LogP contribution is 2.20. The van der Waals surface area contributed by atoms with Gasteiger partial charge in [-0.15, -0.1) is 0 Å². The average molecular weight is 269 g/mol. The normalized spacial score (nSPS) is 11.6. The second kappa shape index (κ2) is 6.06. The van der Waals surface area contributed by atoms with Gasteiger partial charge in [0.1, 0.15) is 11.6 Å². The smallest absolute Gasteiger partial charge is 0.360 e. The van der Waals surface area contributed by atoms with Crippen molar-refractivity contribution in [1.82, 2.24) is 9.55 Å². The molecule has 0 unspecified atom stereocenters. The number of aryl methyl sites for hydroxylation is 1. The van der Waals surface area contributed by atoms with Gasteiger partial charge in [0.15, 0.2) is 5.69 Å². The lowest BCUT2D eigenvalue weighted by molar-refractivity contribution is -0.0224. The minimum Gasteiger partial charge on any atom is -0.461 e. The number of hydrogen-bond acceptors (Lipinski definition) is 5. The predicted molar refractivity (Wildman–Crippen MR) is 73.0 cm³/mol. The third kappa shape index (κ3) is 3.70. The molecule has 19 heavy (non-hydrogen) atoms. The third-order valence-corrected chi connectivity index (χ3v) is 2.74. The fourth-order valence-corrected chi connectivity index (χ4v) is 1.95. The van der Waals surface area contributed by atoms with Crippen molar-refractivity contribution >= 4 is 11.8 Å². The summed E-state index contributed by atoms with van der Waals surface area (Å²) in [5, 5.41) is 0. The standard InChI is InChI=1S/C13H23N3O3/c1-6-18-12(17)10-11(14)16(9(3)15-10)8-13(4,5)19-7-2/h6-8,14H2,1-5H3. The van der Waals surface area contributed by atoms with E-state index in [1.807, 2.05) is 20.8 Å². The maximum absolute atomic E-state index is 11.7. The zero-order chi connectivity index (χ0) is 14.6. The van der Waals surface area contributed by atoms with Crippen molar-refractivity contribution < 1.29 is 14.3 Å². The lowest BCUT2D eigenvalue weighted by Gasteiger charge is -2.26. The lowest BCUT2D eigenvalue weighted by atomic mass is 10.1. The van der Waals surface area contributed by atoms with Crippen molar-refractivity contribution in [1.29, 1.82) is 0 Å². The summed E-state index contributed by atoms with van der Waals surface area (Å²) in [7, 11) is 0. The fourth-order valence-electron chi connectivity index (χ4n) is 1.95. The van der Waals surface area contributed by atoms with E-state index >= 15 is 0 Å². The van der Waals surface area contributed by atoms with E-state index < -0.39 is 5.97 Å². The number of carbonyl (C=O) groups excluding carboxylic acids is 1. The van der Waals surface area contributed by atoms with Gasteiger partial charge < -0.3 is 19.8 Å². The molecular formula is C13H23N3O3. The number of ether oxygens (including phenoxy) is 2. The van der Waals surface area contributed by atoms with Gasteiger partial charge in [0.2, 0.25) is 0 Å². The zero-order valence-corrected chi connectivity index (χ0v) is 12.3. The molecule has 1 aromatic rings. The van der Waals surface area contributed by atoms with E-state index in [0.717, 1.165) is 0 Å². The van der Waals surface area contributed by atoms with Crippen LogP contribution in [-0.2, 0) is 16.0 Å². The Bertz CT molecular complexity index is 452. The maximum atomic E-state index is 11.7. The van der Waals surface area contributed by atoms with Gasteiger partial charge in [-0.2, -0.15) is 0 Å². The van der Waals surface area contributed by atoms with Crippen LogP contribution in [0.15, 0.2) is 0 Å². The number of hydrogen-bond donors (Lipinski definition) is 1. The zero-order valence-electron chi connectivity index (χ0n) is 12.3. The van der Waals surface area contributed by atoms with Gasteiger partial charge in [0, 0.05) is 6.61 Å². The van der Waals surface area contributed by atoms with E-state index in [1.165, 1.54) is 0 Å². The summed E-state index contributed by atoms with van der Waals surface area (Å²) in [6.45, 7) is 10.9. The summed E-state index contributed by atoms with van der Waals surface area (Å²) in [5.41, 5.74) is 5.78. The fraction of sp³-hybridized carbons (Fsp3) is 0.692. The van der Waals surface area contributed by atoms with Gasteiger partial charge in [-0.05, 0) is 34.6 Å². The number of imidazole rings is 1. The number of anilines is 1. The molecule has 1 heterocycles. The molecular weight excluding hydrogens is 246 g/mol. The summed E-state index contributed by atoms with van der Waals surface area (Å²) in [6.07, 6.45) is 0. The molecule has 6 heteroatoms. The summed E-state index contributed by atoms with van der Waals surface area (Å²) in [4.78, 5) is 15.9. The lowest BCUT2D eigenvalue weighted by Crippen LogP contribution is -2.31. The van der Waals surface area contributed by atoms with Crippen LogP contribution in [0.1, 0.15) is 44.0 Å². The molecule has 0 bridgehead atoms. The van der Waals surface area contributed by atoms with Gasteiger partial charge in [0.05, 0.1) is 18.8 Å². The van der Waals surface area contributed by atoms with Gasteiger partial charge in [-0.25, -0.2) is 9.78 Å². The quantitative estimate of drug-likeness (QED) is 0.796. The Morgan fingerprint density at radius 3 is 2.53 bits per heavy atom. The van der Waals surface area contributed by atoms with Crippen LogP contribution in [0.25, 0.3) is 0 Å². The van der Waals surface area contributed by atoms with Crippen LogP contribution in [0.5, 0.6) is 0 Å². The first kappa shape index (κ1) is 15.5. The highest BCUT2D eigenvalue weighted by atomic mass is 16.5. The first-order valence-electron chi connectivity index (χ1n) is 6.46. The van der Waals surface area contributed by atoms with E-state index in [-0.39, 0.29) is 11.3 Å². The summed E-state index contributed by atoms with van der Waals surface area (Å²) in [5.74, 6) is 0.508. The van der Waals surface area contributed by atoms with Crippen LogP contribution in [0.4, 0.5) is 5.82 Å². The van der Waals surface area contributed by atoms with Crippen LogP contribution >= 0.6 is 0 Å². The molecule has 0 amide bonds. The molecule has 0 spiro atoms.